The normalized spacial score (nSPS) is 13.7. The van der Waals surface area contributed by atoms with Crippen molar-refractivity contribution in [2.75, 3.05) is 6.79 Å². The molecule has 1 aliphatic rings. The van der Waals surface area contributed by atoms with E-state index in [1.807, 2.05) is 25.1 Å². The Morgan fingerprint density at radius 1 is 1.13 bits per heavy atom. The molecular weight excluding hydrogens is 290 g/mol. The van der Waals surface area contributed by atoms with E-state index < -0.39 is 0 Å². The summed E-state index contributed by atoms with van der Waals surface area (Å²) in [5.41, 5.74) is 3.41. The van der Waals surface area contributed by atoms with Gasteiger partial charge in [0.05, 0.1) is 6.04 Å². The second kappa shape index (κ2) is 6.73. The summed E-state index contributed by atoms with van der Waals surface area (Å²) in [4.78, 5) is 12.1. The predicted octanol–water partition coefficient (Wildman–Crippen LogP) is 3.53. The largest absolute Gasteiger partial charge is 0.454 e. The van der Waals surface area contributed by atoms with Gasteiger partial charge in [0.2, 0.25) is 12.7 Å². The molecule has 1 atom stereocenters. The number of rotatable bonds is 5. The Morgan fingerprint density at radius 3 is 2.65 bits per heavy atom. The molecule has 1 heterocycles. The maximum absolute atomic E-state index is 12.1. The molecule has 4 nitrogen and oxygen atoms in total. The van der Waals surface area contributed by atoms with E-state index in [9.17, 15) is 4.79 Å². The van der Waals surface area contributed by atoms with Crippen LogP contribution in [0.1, 0.15) is 36.1 Å². The van der Waals surface area contributed by atoms with Gasteiger partial charge < -0.3 is 14.8 Å². The fourth-order valence-electron chi connectivity index (χ4n) is 2.61. The number of ether oxygens (including phenoxy) is 2. The van der Waals surface area contributed by atoms with E-state index in [1.54, 1.807) is 0 Å². The van der Waals surface area contributed by atoms with Crippen LogP contribution < -0.4 is 14.8 Å². The summed E-state index contributed by atoms with van der Waals surface area (Å²) in [6, 6.07) is 14.1. The van der Waals surface area contributed by atoms with Crippen molar-refractivity contribution in [1.82, 2.24) is 5.32 Å². The lowest BCUT2D eigenvalue weighted by Gasteiger charge is -2.14. The van der Waals surface area contributed by atoms with Crippen LogP contribution in [-0.2, 0) is 11.2 Å². The molecular formula is C19H21NO3. The van der Waals surface area contributed by atoms with Crippen molar-refractivity contribution in [3.05, 3.63) is 59.2 Å². The quantitative estimate of drug-likeness (QED) is 0.919. The molecule has 0 aliphatic carbocycles. The molecule has 0 aromatic heterocycles. The van der Waals surface area contributed by atoms with Crippen LogP contribution in [0, 0.1) is 6.92 Å². The van der Waals surface area contributed by atoms with Crippen LogP contribution in [0.25, 0.3) is 0 Å². The van der Waals surface area contributed by atoms with E-state index in [0.29, 0.717) is 12.8 Å². The first-order chi connectivity index (χ1) is 11.1. The third kappa shape index (κ3) is 3.83. The van der Waals surface area contributed by atoms with Gasteiger partial charge in [-0.15, -0.1) is 0 Å². The third-order valence-corrected chi connectivity index (χ3v) is 4.03. The van der Waals surface area contributed by atoms with Crippen LogP contribution in [0.2, 0.25) is 0 Å². The third-order valence-electron chi connectivity index (χ3n) is 4.03. The van der Waals surface area contributed by atoms with Crippen LogP contribution in [0.4, 0.5) is 0 Å². The molecule has 2 aromatic rings. The summed E-state index contributed by atoms with van der Waals surface area (Å²) in [6.45, 7) is 4.33. The fourth-order valence-corrected chi connectivity index (χ4v) is 2.61. The highest BCUT2D eigenvalue weighted by Gasteiger charge is 2.14. The number of carbonyl (C=O) groups is 1. The van der Waals surface area contributed by atoms with Crippen molar-refractivity contribution < 1.29 is 14.3 Å². The van der Waals surface area contributed by atoms with Crippen molar-refractivity contribution in [1.29, 1.82) is 0 Å². The fraction of sp³-hybridized carbons (Fsp3) is 0.316. The van der Waals surface area contributed by atoms with E-state index in [1.165, 1.54) is 5.56 Å². The molecule has 1 unspecified atom stereocenters. The lowest BCUT2D eigenvalue weighted by molar-refractivity contribution is -0.121. The van der Waals surface area contributed by atoms with Gasteiger partial charge in [0.25, 0.3) is 0 Å². The zero-order valence-corrected chi connectivity index (χ0v) is 13.5. The van der Waals surface area contributed by atoms with Gasteiger partial charge in [-0.1, -0.05) is 35.9 Å². The zero-order valence-electron chi connectivity index (χ0n) is 13.5. The number of fused-ring (bicyclic) bond motifs is 1. The number of nitrogens with one attached hydrogen (secondary N) is 1. The lowest BCUT2D eigenvalue weighted by Crippen LogP contribution is -2.26. The number of aryl methyl sites for hydroxylation is 2. The second-order valence-electron chi connectivity index (χ2n) is 5.89. The van der Waals surface area contributed by atoms with Gasteiger partial charge in [-0.3, -0.25) is 4.79 Å². The summed E-state index contributed by atoms with van der Waals surface area (Å²) in [6.07, 6.45) is 1.14. The Kier molecular flexibility index (Phi) is 4.51. The molecule has 120 valence electrons. The molecule has 1 N–H and O–H groups in total. The Bertz CT molecular complexity index is 694. The van der Waals surface area contributed by atoms with Gasteiger partial charge in [0, 0.05) is 6.42 Å². The minimum atomic E-state index is 0.0138. The Hall–Kier alpha value is -2.49. The molecule has 4 heteroatoms. The molecule has 0 bridgehead atoms. The van der Waals surface area contributed by atoms with Crippen molar-refractivity contribution in [2.45, 2.75) is 32.7 Å². The number of hydrogen-bond donors (Lipinski definition) is 1. The molecule has 23 heavy (non-hydrogen) atoms. The van der Waals surface area contributed by atoms with E-state index >= 15 is 0 Å². The highest BCUT2D eigenvalue weighted by molar-refractivity contribution is 5.76. The smallest absolute Gasteiger partial charge is 0.231 e. The highest BCUT2D eigenvalue weighted by Crippen LogP contribution is 2.32. The topological polar surface area (TPSA) is 47.6 Å². The van der Waals surface area contributed by atoms with Crippen molar-refractivity contribution >= 4 is 5.91 Å². The second-order valence-corrected chi connectivity index (χ2v) is 5.89. The van der Waals surface area contributed by atoms with Crippen molar-refractivity contribution in [3.8, 4) is 11.5 Å². The van der Waals surface area contributed by atoms with Crippen LogP contribution in [0.3, 0.4) is 0 Å². The summed E-state index contributed by atoms with van der Waals surface area (Å²) < 4.78 is 10.6. The standard InChI is InChI=1S/C19H21NO3/c1-13-3-7-16(8-4-13)14(2)20-19(21)10-6-15-5-9-17-18(11-15)23-12-22-17/h3-5,7-9,11,14H,6,10,12H2,1-2H3,(H,20,21). The highest BCUT2D eigenvalue weighted by atomic mass is 16.7. The van der Waals surface area contributed by atoms with Gasteiger partial charge in [-0.2, -0.15) is 0 Å². The molecule has 1 amide bonds. The van der Waals surface area contributed by atoms with Crippen molar-refractivity contribution in [2.24, 2.45) is 0 Å². The molecule has 0 fully saturated rings. The van der Waals surface area contributed by atoms with Crippen LogP contribution in [-0.4, -0.2) is 12.7 Å². The van der Waals surface area contributed by atoms with Crippen LogP contribution in [0.5, 0.6) is 11.5 Å². The maximum Gasteiger partial charge on any atom is 0.231 e. The average molecular weight is 311 g/mol. The first-order valence-electron chi connectivity index (χ1n) is 7.86. The SMILES string of the molecule is Cc1ccc(C(C)NC(=O)CCc2ccc3c(c2)OCO3)cc1. The average Bonchev–Trinajstić information content (AvgIpc) is 3.01. The van der Waals surface area contributed by atoms with Gasteiger partial charge in [0.1, 0.15) is 0 Å². The summed E-state index contributed by atoms with van der Waals surface area (Å²) in [5.74, 6) is 1.58. The first-order valence-corrected chi connectivity index (χ1v) is 7.86. The summed E-state index contributed by atoms with van der Waals surface area (Å²) in [7, 11) is 0. The predicted molar refractivity (Wildman–Crippen MR) is 88.6 cm³/mol. The molecule has 2 aromatic carbocycles. The molecule has 3 rings (SSSR count). The molecule has 0 saturated heterocycles. The molecule has 0 radical (unpaired) electrons. The number of carbonyl (C=O) groups excluding carboxylic acids is 1. The summed E-state index contributed by atoms with van der Waals surface area (Å²) >= 11 is 0. The van der Waals surface area contributed by atoms with Crippen LogP contribution >= 0.6 is 0 Å². The maximum atomic E-state index is 12.1. The van der Waals surface area contributed by atoms with Gasteiger partial charge in [0.15, 0.2) is 11.5 Å². The summed E-state index contributed by atoms with van der Waals surface area (Å²) in [5, 5.41) is 3.04. The van der Waals surface area contributed by atoms with Crippen molar-refractivity contribution in [3.63, 3.8) is 0 Å². The van der Waals surface area contributed by atoms with E-state index in [0.717, 1.165) is 22.6 Å². The van der Waals surface area contributed by atoms with Gasteiger partial charge >= 0.3 is 0 Å². The Labute approximate surface area is 136 Å². The van der Waals surface area contributed by atoms with Gasteiger partial charge in [-0.25, -0.2) is 0 Å². The van der Waals surface area contributed by atoms with Crippen LogP contribution in [0.15, 0.2) is 42.5 Å². The van der Waals surface area contributed by atoms with E-state index in [2.05, 4.69) is 36.5 Å². The zero-order chi connectivity index (χ0) is 16.2. The molecule has 1 aliphatic heterocycles. The monoisotopic (exact) mass is 311 g/mol. The minimum Gasteiger partial charge on any atom is -0.454 e. The number of amides is 1. The van der Waals surface area contributed by atoms with E-state index in [-0.39, 0.29) is 18.7 Å². The number of benzene rings is 2. The molecule has 0 saturated carbocycles. The van der Waals surface area contributed by atoms with Gasteiger partial charge in [-0.05, 0) is 43.5 Å². The lowest BCUT2D eigenvalue weighted by atomic mass is 10.1. The Balaban J connectivity index is 1.52. The van der Waals surface area contributed by atoms with E-state index in [4.69, 9.17) is 9.47 Å². The first kappa shape index (κ1) is 15.4. The number of hydrogen-bond acceptors (Lipinski definition) is 3. The Morgan fingerprint density at radius 2 is 1.87 bits per heavy atom. The minimum absolute atomic E-state index is 0.0138. The molecule has 0 spiro atoms.